The molecule has 0 unspecified atom stereocenters. The van der Waals surface area contributed by atoms with E-state index < -0.39 is 0 Å². The molecule has 6 rings (SSSR count). The summed E-state index contributed by atoms with van der Waals surface area (Å²) in [5.74, 6) is -0.114. The van der Waals surface area contributed by atoms with Gasteiger partial charge < -0.3 is 14.4 Å². The van der Waals surface area contributed by atoms with E-state index in [0.29, 0.717) is 25.3 Å². The van der Waals surface area contributed by atoms with Crippen LogP contribution in [0, 0.1) is 5.82 Å². The molecule has 38 heavy (non-hydrogen) atoms. The number of benzene rings is 2. The number of aromatic nitrogens is 1. The number of methoxy groups -OCH3 is 1. The van der Waals surface area contributed by atoms with Crippen LogP contribution in [0.3, 0.4) is 0 Å². The molecule has 0 N–H and O–H groups in total. The number of piperidine rings is 1. The third-order valence-corrected chi connectivity index (χ3v) is 8.22. The molecular formula is C29H34Cl2FN3O3. The van der Waals surface area contributed by atoms with Crippen molar-refractivity contribution < 1.29 is 18.7 Å². The van der Waals surface area contributed by atoms with Crippen LogP contribution in [0.4, 0.5) is 4.39 Å². The summed E-state index contributed by atoms with van der Waals surface area (Å²) in [4.78, 5) is 21.3. The Bertz CT molecular complexity index is 1300. The normalized spacial score (nSPS) is 20.2. The minimum atomic E-state index is -0.305. The fourth-order valence-electron chi connectivity index (χ4n) is 5.82. The molecule has 3 fully saturated rings. The van der Waals surface area contributed by atoms with Gasteiger partial charge in [0.25, 0.3) is 0 Å². The molecule has 3 aliphatic rings. The van der Waals surface area contributed by atoms with Gasteiger partial charge in [0.2, 0.25) is 5.91 Å². The lowest BCUT2D eigenvalue weighted by Crippen LogP contribution is -2.62. The fraction of sp³-hybridized carbons (Fsp3) is 0.448. The first-order chi connectivity index (χ1) is 17.5. The van der Waals surface area contributed by atoms with Gasteiger partial charge in [0.1, 0.15) is 12.4 Å². The van der Waals surface area contributed by atoms with E-state index in [1.807, 2.05) is 47.4 Å². The fourth-order valence-corrected chi connectivity index (χ4v) is 5.82. The van der Waals surface area contributed by atoms with Crippen molar-refractivity contribution in [3.63, 3.8) is 0 Å². The molecule has 0 atom stereocenters. The van der Waals surface area contributed by atoms with Gasteiger partial charge >= 0.3 is 0 Å². The molecule has 1 saturated carbocycles. The van der Waals surface area contributed by atoms with Crippen molar-refractivity contribution in [2.45, 2.75) is 43.4 Å². The van der Waals surface area contributed by atoms with E-state index in [9.17, 15) is 4.79 Å². The number of likely N-dealkylation sites (tertiary alicyclic amines) is 1. The van der Waals surface area contributed by atoms with E-state index in [1.54, 1.807) is 19.4 Å². The van der Waals surface area contributed by atoms with E-state index >= 15 is 4.39 Å². The van der Waals surface area contributed by atoms with Crippen LogP contribution in [0.25, 0.3) is 22.0 Å². The van der Waals surface area contributed by atoms with Crippen molar-refractivity contribution in [2.75, 3.05) is 40.0 Å². The highest BCUT2D eigenvalue weighted by Crippen LogP contribution is 2.45. The molecule has 3 aromatic rings. The minimum Gasteiger partial charge on any atom is -0.382 e. The maximum atomic E-state index is 15.1. The number of morpholine rings is 1. The first-order valence-electron chi connectivity index (χ1n) is 12.8. The van der Waals surface area contributed by atoms with E-state index in [0.717, 1.165) is 60.8 Å². The van der Waals surface area contributed by atoms with Crippen molar-refractivity contribution in [2.24, 2.45) is 0 Å². The van der Waals surface area contributed by atoms with Crippen LogP contribution in [0.15, 0.2) is 54.7 Å². The number of carbonyl (C=O) groups excluding carboxylic acids is 1. The van der Waals surface area contributed by atoms with Gasteiger partial charge in [-0.2, -0.15) is 0 Å². The van der Waals surface area contributed by atoms with Gasteiger partial charge in [-0.1, -0.05) is 30.3 Å². The summed E-state index contributed by atoms with van der Waals surface area (Å²) in [5, 5.41) is 1.07. The lowest BCUT2D eigenvalue weighted by Gasteiger charge is -2.49. The second kappa shape index (κ2) is 11.4. The second-order valence-corrected chi connectivity index (χ2v) is 10.6. The topological polar surface area (TPSA) is 54.9 Å². The van der Waals surface area contributed by atoms with E-state index in [1.165, 1.54) is 0 Å². The molecule has 0 bridgehead atoms. The van der Waals surface area contributed by atoms with Gasteiger partial charge in [-0.3, -0.25) is 14.7 Å². The summed E-state index contributed by atoms with van der Waals surface area (Å²) < 4.78 is 26.7. The first kappa shape index (κ1) is 28.7. The molecule has 6 nitrogen and oxygen atoms in total. The van der Waals surface area contributed by atoms with Crippen molar-refractivity contribution in [1.82, 2.24) is 14.8 Å². The monoisotopic (exact) mass is 561 g/mol. The van der Waals surface area contributed by atoms with Gasteiger partial charge in [0.05, 0.1) is 29.8 Å². The van der Waals surface area contributed by atoms with Crippen LogP contribution in [0.5, 0.6) is 0 Å². The predicted octanol–water partition coefficient (Wildman–Crippen LogP) is 5.26. The highest BCUT2D eigenvalue weighted by Gasteiger charge is 2.55. The number of nitrogens with zero attached hydrogens (tertiary/aromatic N) is 3. The van der Waals surface area contributed by atoms with Gasteiger partial charge in [0.15, 0.2) is 0 Å². The zero-order chi connectivity index (χ0) is 24.8. The standard InChI is InChI=1S/C29H32FN3O3.2ClH/c1-35-20-28(8-9-28)33-19-29(36-18-27(33)34)10-13-32(14-11-29)17-24-7-6-22(15-25(24)30)23-5-4-21-3-2-12-31-26(21)16-23;;/h2-7,12,15-16H,8-11,13-14,17-20H2,1H3;2*1H. The largest absolute Gasteiger partial charge is 0.382 e. The highest BCUT2D eigenvalue weighted by atomic mass is 35.5. The molecule has 2 aromatic carbocycles. The summed E-state index contributed by atoms with van der Waals surface area (Å²) in [5.41, 5.74) is 2.98. The molecule has 2 aliphatic heterocycles. The number of rotatable bonds is 6. The third-order valence-electron chi connectivity index (χ3n) is 8.22. The first-order valence-corrected chi connectivity index (χ1v) is 12.8. The Hall–Kier alpha value is -2.29. The summed E-state index contributed by atoms with van der Waals surface area (Å²) in [7, 11) is 1.70. The lowest BCUT2D eigenvalue weighted by atomic mass is 9.88. The number of pyridine rings is 1. The lowest BCUT2D eigenvalue weighted by molar-refractivity contribution is -0.179. The molecule has 9 heteroatoms. The Morgan fingerprint density at radius 1 is 1.03 bits per heavy atom. The van der Waals surface area contributed by atoms with Gasteiger partial charge in [-0.05, 0) is 55.0 Å². The number of halogens is 3. The second-order valence-electron chi connectivity index (χ2n) is 10.6. The molecule has 204 valence electrons. The number of hydrogen-bond acceptors (Lipinski definition) is 5. The predicted molar refractivity (Wildman–Crippen MR) is 150 cm³/mol. The maximum Gasteiger partial charge on any atom is 0.249 e. The van der Waals surface area contributed by atoms with E-state index in [2.05, 4.69) is 9.88 Å². The van der Waals surface area contributed by atoms with E-state index in [4.69, 9.17) is 9.47 Å². The minimum absolute atomic E-state index is 0. The van der Waals surface area contributed by atoms with Crippen LogP contribution in [-0.4, -0.2) is 71.8 Å². The smallest absolute Gasteiger partial charge is 0.249 e. The number of hydrogen-bond donors (Lipinski definition) is 0. The Morgan fingerprint density at radius 2 is 1.76 bits per heavy atom. The Kier molecular flexibility index (Phi) is 8.65. The summed E-state index contributed by atoms with van der Waals surface area (Å²) in [6.07, 6.45) is 5.45. The van der Waals surface area contributed by atoms with E-state index in [-0.39, 0.29) is 54.3 Å². The van der Waals surface area contributed by atoms with Crippen LogP contribution in [0.2, 0.25) is 0 Å². The Balaban J connectivity index is 0.00000168. The molecule has 1 aromatic heterocycles. The number of amides is 1. The van der Waals surface area contributed by atoms with Crippen molar-refractivity contribution >= 4 is 41.6 Å². The molecule has 3 heterocycles. The van der Waals surface area contributed by atoms with Crippen LogP contribution < -0.4 is 0 Å². The average Bonchev–Trinajstić information content (AvgIpc) is 3.68. The molecule has 1 amide bonds. The van der Waals surface area contributed by atoms with Gasteiger partial charge in [0, 0.05) is 43.9 Å². The highest BCUT2D eigenvalue weighted by molar-refractivity contribution is 5.86. The van der Waals surface area contributed by atoms with Crippen molar-refractivity contribution in [1.29, 1.82) is 0 Å². The molecular weight excluding hydrogens is 528 g/mol. The zero-order valence-corrected chi connectivity index (χ0v) is 23.2. The molecule has 1 aliphatic carbocycles. The Morgan fingerprint density at radius 3 is 2.47 bits per heavy atom. The van der Waals surface area contributed by atoms with Crippen LogP contribution in [-0.2, 0) is 20.8 Å². The Labute approximate surface area is 235 Å². The quantitative estimate of drug-likeness (QED) is 0.411. The third kappa shape index (κ3) is 5.54. The van der Waals surface area contributed by atoms with Crippen LogP contribution in [0.1, 0.15) is 31.2 Å². The SMILES string of the molecule is COCC1(N2CC3(CCN(Cc4ccc(-c5ccc6cccnc6c5)cc4F)CC3)OCC2=O)CC1.Cl.Cl. The van der Waals surface area contributed by atoms with Crippen molar-refractivity contribution in [3.8, 4) is 11.1 Å². The van der Waals surface area contributed by atoms with Gasteiger partial charge in [-0.15, -0.1) is 24.8 Å². The van der Waals surface area contributed by atoms with Gasteiger partial charge in [-0.25, -0.2) is 4.39 Å². The molecule has 0 radical (unpaired) electrons. The number of fused-ring (bicyclic) bond motifs is 1. The van der Waals surface area contributed by atoms with Crippen LogP contribution >= 0.6 is 24.8 Å². The number of ether oxygens (including phenoxy) is 2. The zero-order valence-electron chi connectivity index (χ0n) is 21.5. The molecule has 2 saturated heterocycles. The maximum absolute atomic E-state index is 15.1. The summed E-state index contributed by atoms with van der Waals surface area (Å²) in [6, 6.07) is 15.5. The number of carbonyl (C=O) groups is 1. The summed E-state index contributed by atoms with van der Waals surface area (Å²) in [6.45, 7) is 3.57. The average molecular weight is 563 g/mol. The summed E-state index contributed by atoms with van der Waals surface area (Å²) >= 11 is 0. The van der Waals surface area contributed by atoms with Crippen molar-refractivity contribution in [3.05, 3.63) is 66.1 Å². The molecule has 1 spiro atoms.